The van der Waals surface area contributed by atoms with Crippen LogP contribution in [-0.4, -0.2) is 35.8 Å². The first-order valence-electron chi connectivity index (χ1n) is 8.04. The van der Waals surface area contributed by atoms with Crippen LogP contribution in [0.3, 0.4) is 0 Å². The molecule has 0 amide bonds. The van der Waals surface area contributed by atoms with Crippen molar-refractivity contribution in [3.8, 4) is 0 Å². The molecule has 0 spiro atoms. The zero-order valence-corrected chi connectivity index (χ0v) is 15.7. The Kier molecular flexibility index (Phi) is 6.53. The molecule has 6 heteroatoms. The average Bonchev–Trinajstić information content (AvgIpc) is 2.61. The second-order valence-electron chi connectivity index (χ2n) is 5.82. The smallest absolute Gasteiger partial charge is 0.338 e. The number of carbonyl (C=O) groups excluding carboxylic acids is 1. The number of rotatable bonds is 6. The molecule has 1 aromatic carbocycles. The summed E-state index contributed by atoms with van der Waals surface area (Å²) in [6.07, 6.45) is 3.41. The minimum absolute atomic E-state index is 0.171. The van der Waals surface area contributed by atoms with Crippen LogP contribution in [0.15, 0.2) is 35.5 Å². The second-order valence-corrected chi connectivity index (χ2v) is 6.23. The van der Waals surface area contributed by atoms with Gasteiger partial charge in [0.1, 0.15) is 6.61 Å². The van der Waals surface area contributed by atoms with Crippen molar-refractivity contribution in [2.45, 2.75) is 27.4 Å². The number of nitrogens with zero attached hydrogens (tertiary/aromatic N) is 3. The Morgan fingerprint density at radius 3 is 2.76 bits per heavy atom. The highest BCUT2D eigenvalue weighted by molar-refractivity contribution is 6.33. The molecule has 0 unspecified atom stereocenters. The Morgan fingerprint density at radius 2 is 2.12 bits per heavy atom. The lowest BCUT2D eigenvalue weighted by molar-refractivity contribution is 0.0471. The normalized spacial score (nSPS) is 10.9. The molecule has 1 aromatic heterocycles. The van der Waals surface area contributed by atoms with Gasteiger partial charge in [0.2, 0.25) is 0 Å². The van der Waals surface area contributed by atoms with Gasteiger partial charge in [-0.3, -0.25) is 4.98 Å². The van der Waals surface area contributed by atoms with Crippen molar-refractivity contribution in [1.82, 2.24) is 9.88 Å². The third kappa shape index (κ3) is 5.29. The standard InChI is InChI=1S/C19H22ClN3O2/c1-5-23(4)12-22-18-8-13(2)16(9-17(18)20)19(24)25-11-15-7-6-14(3)21-10-15/h6-10,12H,5,11H2,1-4H3. The highest BCUT2D eigenvalue weighted by atomic mass is 35.5. The Labute approximate surface area is 153 Å². The van der Waals surface area contributed by atoms with Gasteiger partial charge in [-0.2, -0.15) is 0 Å². The number of hydrogen-bond acceptors (Lipinski definition) is 4. The largest absolute Gasteiger partial charge is 0.457 e. The van der Waals surface area contributed by atoms with E-state index in [2.05, 4.69) is 9.98 Å². The molecule has 1 heterocycles. The highest BCUT2D eigenvalue weighted by Crippen LogP contribution is 2.29. The molecule has 25 heavy (non-hydrogen) atoms. The third-order valence-electron chi connectivity index (χ3n) is 3.75. The van der Waals surface area contributed by atoms with Gasteiger partial charge in [-0.1, -0.05) is 17.7 Å². The maximum Gasteiger partial charge on any atom is 0.338 e. The lowest BCUT2D eigenvalue weighted by Crippen LogP contribution is -2.14. The average molecular weight is 360 g/mol. The van der Waals surface area contributed by atoms with E-state index in [-0.39, 0.29) is 6.61 Å². The molecule has 0 N–H and O–H groups in total. The molecule has 0 fully saturated rings. The van der Waals surface area contributed by atoms with Gasteiger partial charge in [0, 0.05) is 31.0 Å². The molecule has 0 atom stereocenters. The predicted octanol–water partition coefficient (Wildman–Crippen LogP) is 4.32. The maximum atomic E-state index is 12.3. The lowest BCUT2D eigenvalue weighted by atomic mass is 10.1. The molecule has 0 saturated heterocycles. The summed E-state index contributed by atoms with van der Waals surface area (Å²) in [5.41, 5.74) is 3.59. The summed E-state index contributed by atoms with van der Waals surface area (Å²) >= 11 is 6.26. The summed E-state index contributed by atoms with van der Waals surface area (Å²) in [6.45, 7) is 6.79. The zero-order chi connectivity index (χ0) is 18.4. The van der Waals surface area contributed by atoms with E-state index in [1.165, 1.54) is 0 Å². The van der Waals surface area contributed by atoms with Crippen LogP contribution in [0.4, 0.5) is 5.69 Å². The van der Waals surface area contributed by atoms with E-state index in [9.17, 15) is 4.79 Å². The lowest BCUT2D eigenvalue weighted by Gasteiger charge is -2.11. The van der Waals surface area contributed by atoms with Crippen molar-refractivity contribution in [3.63, 3.8) is 0 Å². The van der Waals surface area contributed by atoms with Crippen LogP contribution in [0, 0.1) is 13.8 Å². The predicted molar refractivity (Wildman–Crippen MR) is 101 cm³/mol. The van der Waals surface area contributed by atoms with Gasteiger partial charge < -0.3 is 9.64 Å². The monoisotopic (exact) mass is 359 g/mol. The van der Waals surface area contributed by atoms with Gasteiger partial charge in [-0.15, -0.1) is 0 Å². The number of aryl methyl sites for hydroxylation is 2. The Hall–Kier alpha value is -2.40. The van der Waals surface area contributed by atoms with Crippen LogP contribution in [0.2, 0.25) is 5.02 Å². The number of pyridine rings is 1. The van der Waals surface area contributed by atoms with E-state index in [0.717, 1.165) is 23.4 Å². The van der Waals surface area contributed by atoms with E-state index >= 15 is 0 Å². The van der Waals surface area contributed by atoms with E-state index < -0.39 is 5.97 Å². The summed E-state index contributed by atoms with van der Waals surface area (Å²) in [4.78, 5) is 22.8. The number of carbonyl (C=O) groups is 1. The molecule has 2 aromatic rings. The van der Waals surface area contributed by atoms with E-state index in [4.69, 9.17) is 16.3 Å². The number of esters is 1. The zero-order valence-electron chi connectivity index (χ0n) is 14.9. The fourth-order valence-corrected chi connectivity index (χ4v) is 2.25. The van der Waals surface area contributed by atoms with Crippen molar-refractivity contribution in [2.75, 3.05) is 13.6 Å². The Balaban J connectivity index is 2.10. The van der Waals surface area contributed by atoms with Crippen molar-refractivity contribution in [3.05, 3.63) is 57.9 Å². The summed E-state index contributed by atoms with van der Waals surface area (Å²) < 4.78 is 5.36. The number of ether oxygens (including phenoxy) is 1. The molecule has 0 aliphatic rings. The molecule has 0 saturated carbocycles. The van der Waals surface area contributed by atoms with Gasteiger partial charge in [0.25, 0.3) is 0 Å². The van der Waals surface area contributed by atoms with Gasteiger partial charge in [-0.05, 0) is 44.5 Å². The van der Waals surface area contributed by atoms with Gasteiger partial charge in [0.05, 0.1) is 22.6 Å². The van der Waals surface area contributed by atoms with Crippen molar-refractivity contribution in [2.24, 2.45) is 4.99 Å². The van der Waals surface area contributed by atoms with Crippen LogP contribution in [0.5, 0.6) is 0 Å². The summed E-state index contributed by atoms with van der Waals surface area (Å²) in [5.74, 6) is -0.416. The van der Waals surface area contributed by atoms with Crippen molar-refractivity contribution >= 4 is 29.6 Å². The fraction of sp³-hybridized carbons (Fsp3) is 0.316. The molecule has 0 radical (unpaired) electrons. The molecular formula is C19H22ClN3O2. The SMILES string of the molecule is CCN(C)C=Nc1cc(C)c(C(=O)OCc2ccc(C)nc2)cc1Cl. The number of benzene rings is 1. The Bertz CT molecular complexity index is 773. The van der Waals surface area contributed by atoms with Crippen LogP contribution >= 0.6 is 11.6 Å². The number of hydrogen-bond donors (Lipinski definition) is 0. The summed E-state index contributed by atoms with van der Waals surface area (Å²) in [6, 6.07) is 7.15. The first-order valence-corrected chi connectivity index (χ1v) is 8.41. The summed E-state index contributed by atoms with van der Waals surface area (Å²) in [7, 11) is 1.93. The Morgan fingerprint density at radius 1 is 1.36 bits per heavy atom. The molecule has 0 bridgehead atoms. The second kappa shape index (κ2) is 8.62. The quantitative estimate of drug-likeness (QED) is 0.438. The molecule has 2 rings (SSSR count). The third-order valence-corrected chi connectivity index (χ3v) is 4.05. The highest BCUT2D eigenvalue weighted by Gasteiger charge is 2.14. The molecule has 0 aliphatic carbocycles. The fourth-order valence-electron chi connectivity index (χ4n) is 2.04. The first-order chi connectivity index (χ1) is 11.9. The minimum Gasteiger partial charge on any atom is -0.457 e. The maximum absolute atomic E-state index is 12.3. The van der Waals surface area contributed by atoms with E-state index in [1.807, 2.05) is 44.9 Å². The minimum atomic E-state index is -0.416. The number of halogens is 1. The van der Waals surface area contributed by atoms with Crippen LogP contribution in [0.25, 0.3) is 0 Å². The first kappa shape index (κ1) is 18.9. The van der Waals surface area contributed by atoms with Crippen molar-refractivity contribution in [1.29, 1.82) is 0 Å². The van der Waals surface area contributed by atoms with Crippen LogP contribution < -0.4 is 0 Å². The van der Waals surface area contributed by atoms with Crippen LogP contribution in [0.1, 0.15) is 34.1 Å². The number of aliphatic imine (C=N–C) groups is 1. The van der Waals surface area contributed by atoms with E-state index in [1.54, 1.807) is 24.7 Å². The molecule has 132 valence electrons. The van der Waals surface area contributed by atoms with Gasteiger partial charge in [0.15, 0.2) is 0 Å². The molecule has 5 nitrogen and oxygen atoms in total. The number of aromatic nitrogens is 1. The topological polar surface area (TPSA) is 54.8 Å². The molecular weight excluding hydrogens is 338 g/mol. The van der Waals surface area contributed by atoms with Crippen molar-refractivity contribution < 1.29 is 9.53 Å². The van der Waals surface area contributed by atoms with Gasteiger partial charge >= 0.3 is 5.97 Å². The van der Waals surface area contributed by atoms with Gasteiger partial charge in [-0.25, -0.2) is 9.79 Å². The van der Waals surface area contributed by atoms with Crippen LogP contribution in [-0.2, 0) is 11.3 Å². The molecule has 0 aliphatic heterocycles. The van der Waals surface area contributed by atoms with E-state index in [0.29, 0.717) is 16.3 Å². The summed E-state index contributed by atoms with van der Waals surface area (Å²) in [5, 5.41) is 0.412.